The maximum Gasteiger partial charge on any atom is 0.252 e. The third-order valence-electron chi connectivity index (χ3n) is 5.78. The average molecular weight is 485 g/mol. The van der Waals surface area contributed by atoms with E-state index in [1.807, 2.05) is 6.07 Å². The molecule has 0 bridgehead atoms. The predicted molar refractivity (Wildman–Crippen MR) is 114 cm³/mol. The highest BCUT2D eigenvalue weighted by atomic mass is 19.2. The number of nitrogens with zero attached hydrogens (tertiary/aromatic N) is 2. The van der Waals surface area contributed by atoms with Gasteiger partial charge in [-0.2, -0.15) is 5.26 Å². The Morgan fingerprint density at radius 1 is 0.971 bits per heavy atom. The number of rotatable bonds is 5. The number of benzene rings is 3. The second-order valence-corrected chi connectivity index (χ2v) is 8.17. The van der Waals surface area contributed by atoms with Crippen molar-refractivity contribution in [1.29, 1.82) is 5.26 Å². The molecule has 1 aliphatic heterocycles. The van der Waals surface area contributed by atoms with Crippen LogP contribution in [0.4, 0.5) is 27.6 Å². The number of nitrogens with one attached hydrogen (secondary N) is 1. The maximum absolute atomic E-state index is 13.9. The SMILES string of the molecule is CC1(C#N)C(=O)N(Cc2cc(F)cc(F)c2)c2cc(C(=O)NCc3c(F)cc(F)cc3F)ccc21. The number of nitriles is 1. The standard InChI is InChI=1S/C25H16F5N3O2/c1-25(12-31)19-3-2-14(23(34)32-10-18-20(29)8-17(28)9-21(18)30)6-22(19)33(24(25)35)11-13-4-15(26)7-16(27)5-13/h2-9H,10-11H2,1H3,(H,32,34). The van der Waals surface area contributed by atoms with E-state index in [0.717, 1.165) is 17.0 Å². The molecule has 3 aromatic rings. The molecule has 0 aliphatic carbocycles. The van der Waals surface area contributed by atoms with Crippen molar-refractivity contribution in [2.24, 2.45) is 0 Å². The summed E-state index contributed by atoms with van der Waals surface area (Å²) in [6.45, 7) is 0.546. The lowest BCUT2D eigenvalue weighted by atomic mass is 9.85. The third-order valence-corrected chi connectivity index (χ3v) is 5.78. The topological polar surface area (TPSA) is 73.2 Å². The Morgan fingerprint density at radius 3 is 2.17 bits per heavy atom. The lowest BCUT2D eigenvalue weighted by Gasteiger charge is -2.19. The van der Waals surface area contributed by atoms with Gasteiger partial charge in [0, 0.05) is 41.4 Å². The summed E-state index contributed by atoms with van der Waals surface area (Å²) in [4.78, 5) is 26.9. The van der Waals surface area contributed by atoms with Gasteiger partial charge in [-0.1, -0.05) is 6.07 Å². The van der Waals surface area contributed by atoms with Crippen LogP contribution in [-0.4, -0.2) is 11.8 Å². The third kappa shape index (κ3) is 4.33. The molecule has 0 fully saturated rings. The van der Waals surface area contributed by atoms with Gasteiger partial charge in [0.2, 0.25) is 0 Å². The van der Waals surface area contributed by atoms with E-state index < -0.39 is 58.4 Å². The first kappa shape index (κ1) is 23.9. The van der Waals surface area contributed by atoms with Gasteiger partial charge in [0.05, 0.1) is 18.3 Å². The Labute approximate surface area is 196 Å². The van der Waals surface area contributed by atoms with E-state index in [1.54, 1.807) is 0 Å². The van der Waals surface area contributed by atoms with E-state index in [2.05, 4.69) is 5.32 Å². The van der Waals surface area contributed by atoms with Crippen LogP contribution in [0.1, 0.15) is 34.0 Å². The van der Waals surface area contributed by atoms with Gasteiger partial charge in [0.15, 0.2) is 5.41 Å². The summed E-state index contributed by atoms with van der Waals surface area (Å²) in [5.74, 6) is -6.52. The molecule has 2 amide bonds. The summed E-state index contributed by atoms with van der Waals surface area (Å²) in [6, 6.07) is 9.72. The zero-order valence-electron chi connectivity index (χ0n) is 18.1. The highest BCUT2D eigenvalue weighted by molar-refractivity contribution is 6.11. The van der Waals surface area contributed by atoms with Gasteiger partial charge >= 0.3 is 0 Å². The highest BCUT2D eigenvalue weighted by Crippen LogP contribution is 2.42. The maximum atomic E-state index is 13.9. The van der Waals surface area contributed by atoms with Crippen molar-refractivity contribution in [3.8, 4) is 6.07 Å². The second-order valence-electron chi connectivity index (χ2n) is 8.17. The van der Waals surface area contributed by atoms with E-state index in [9.17, 15) is 36.8 Å². The summed E-state index contributed by atoms with van der Waals surface area (Å²) in [7, 11) is 0. The van der Waals surface area contributed by atoms with Crippen molar-refractivity contribution in [3.05, 3.63) is 99.9 Å². The number of hydrogen-bond donors (Lipinski definition) is 1. The van der Waals surface area contributed by atoms with Gasteiger partial charge in [-0.25, -0.2) is 22.0 Å². The smallest absolute Gasteiger partial charge is 0.252 e. The van der Waals surface area contributed by atoms with Gasteiger partial charge in [-0.15, -0.1) is 0 Å². The van der Waals surface area contributed by atoms with E-state index in [4.69, 9.17) is 0 Å². The van der Waals surface area contributed by atoms with Gasteiger partial charge in [-0.3, -0.25) is 9.59 Å². The molecule has 10 heteroatoms. The molecule has 35 heavy (non-hydrogen) atoms. The minimum atomic E-state index is -1.60. The van der Waals surface area contributed by atoms with Crippen molar-refractivity contribution in [2.45, 2.75) is 25.4 Å². The van der Waals surface area contributed by atoms with Crippen molar-refractivity contribution < 1.29 is 31.5 Å². The molecule has 0 aromatic heterocycles. The molecule has 1 aliphatic rings. The molecular weight excluding hydrogens is 469 g/mol. The molecule has 1 N–H and O–H groups in total. The molecule has 1 atom stereocenters. The van der Waals surface area contributed by atoms with Crippen LogP contribution in [-0.2, 0) is 23.3 Å². The Morgan fingerprint density at radius 2 is 1.57 bits per heavy atom. The number of hydrogen-bond acceptors (Lipinski definition) is 3. The van der Waals surface area contributed by atoms with Gasteiger partial charge in [0.25, 0.3) is 11.8 Å². The Hall–Kier alpha value is -4.26. The summed E-state index contributed by atoms with van der Waals surface area (Å²) in [6.07, 6.45) is 0. The lowest BCUT2D eigenvalue weighted by molar-refractivity contribution is -0.121. The monoisotopic (exact) mass is 485 g/mol. The minimum Gasteiger partial charge on any atom is -0.348 e. The number of halogens is 5. The second kappa shape index (κ2) is 8.83. The van der Waals surface area contributed by atoms with Crippen LogP contribution in [0, 0.1) is 40.4 Å². The number of amides is 2. The van der Waals surface area contributed by atoms with Gasteiger partial charge < -0.3 is 10.2 Å². The molecule has 0 spiro atoms. The van der Waals surface area contributed by atoms with Gasteiger partial charge in [0.1, 0.15) is 29.1 Å². The Balaban J connectivity index is 1.65. The molecule has 0 saturated heterocycles. The van der Waals surface area contributed by atoms with Crippen LogP contribution in [0.25, 0.3) is 0 Å². The number of anilines is 1. The zero-order chi connectivity index (χ0) is 25.5. The number of carbonyl (C=O) groups is 2. The summed E-state index contributed by atoms with van der Waals surface area (Å²) >= 11 is 0. The summed E-state index contributed by atoms with van der Waals surface area (Å²) in [5, 5.41) is 12.0. The van der Waals surface area contributed by atoms with Crippen molar-refractivity contribution >= 4 is 17.5 Å². The molecular formula is C25H16F5N3O2. The van der Waals surface area contributed by atoms with Gasteiger partial charge in [-0.05, 0) is 36.8 Å². The average Bonchev–Trinajstić information content (AvgIpc) is 2.99. The Kier molecular flexibility index (Phi) is 6.03. The van der Waals surface area contributed by atoms with Crippen LogP contribution in [0.3, 0.4) is 0 Å². The summed E-state index contributed by atoms with van der Waals surface area (Å²) in [5.41, 5.74) is -1.55. The van der Waals surface area contributed by atoms with E-state index in [-0.39, 0.29) is 28.9 Å². The van der Waals surface area contributed by atoms with Crippen molar-refractivity contribution in [3.63, 3.8) is 0 Å². The largest absolute Gasteiger partial charge is 0.348 e. The van der Waals surface area contributed by atoms with E-state index in [1.165, 1.54) is 25.1 Å². The predicted octanol–water partition coefficient (Wildman–Crippen LogP) is 4.64. The molecule has 1 heterocycles. The Bertz CT molecular complexity index is 1380. The molecule has 1 unspecified atom stereocenters. The molecule has 5 nitrogen and oxygen atoms in total. The molecule has 178 valence electrons. The fourth-order valence-corrected chi connectivity index (χ4v) is 3.98. The zero-order valence-corrected chi connectivity index (χ0v) is 18.1. The molecule has 4 rings (SSSR count). The van der Waals surface area contributed by atoms with E-state index in [0.29, 0.717) is 18.2 Å². The van der Waals surface area contributed by atoms with Crippen LogP contribution >= 0.6 is 0 Å². The molecule has 3 aromatic carbocycles. The first-order valence-corrected chi connectivity index (χ1v) is 10.3. The normalized spacial score (nSPS) is 16.7. The van der Waals surface area contributed by atoms with E-state index >= 15 is 0 Å². The van der Waals surface area contributed by atoms with Crippen LogP contribution in [0.5, 0.6) is 0 Å². The summed E-state index contributed by atoms with van der Waals surface area (Å²) < 4.78 is 68.2. The number of carbonyl (C=O) groups excluding carboxylic acids is 2. The fourth-order valence-electron chi connectivity index (χ4n) is 3.98. The highest BCUT2D eigenvalue weighted by Gasteiger charge is 2.48. The quantitative estimate of drug-likeness (QED) is 0.536. The first-order valence-electron chi connectivity index (χ1n) is 10.3. The van der Waals surface area contributed by atoms with Crippen LogP contribution in [0.15, 0.2) is 48.5 Å². The van der Waals surface area contributed by atoms with Crippen LogP contribution < -0.4 is 10.2 Å². The molecule has 0 radical (unpaired) electrons. The fraction of sp³-hybridized carbons (Fsp3) is 0.160. The van der Waals surface area contributed by atoms with Crippen molar-refractivity contribution in [2.75, 3.05) is 4.90 Å². The minimum absolute atomic E-state index is 0.00269. The lowest BCUT2D eigenvalue weighted by Crippen LogP contribution is -2.36. The number of fused-ring (bicyclic) bond motifs is 1. The van der Waals surface area contributed by atoms with Crippen LogP contribution in [0.2, 0.25) is 0 Å². The van der Waals surface area contributed by atoms with Crippen molar-refractivity contribution in [1.82, 2.24) is 5.32 Å². The molecule has 0 saturated carbocycles. The first-order chi connectivity index (χ1) is 16.5.